The summed E-state index contributed by atoms with van der Waals surface area (Å²) in [6.45, 7) is 5.35. The third-order valence-electron chi connectivity index (χ3n) is 3.57. The summed E-state index contributed by atoms with van der Waals surface area (Å²) in [5.41, 5.74) is 0.545. The molecular weight excluding hydrogens is 304 g/mol. The Labute approximate surface area is 134 Å². The molecule has 1 heterocycles. The number of benzene rings is 1. The van der Waals surface area contributed by atoms with E-state index in [1.807, 2.05) is 13.8 Å². The van der Waals surface area contributed by atoms with E-state index in [0.717, 1.165) is 12.1 Å². The zero-order valence-electron chi connectivity index (χ0n) is 13.3. The summed E-state index contributed by atoms with van der Waals surface area (Å²) in [6.07, 6.45) is 0. The van der Waals surface area contributed by atoms with Gasteiger partial charge in [-0.25, -0.2) is 8.78 Å². The van der Waals surface area contributed by atoms with Crippen LogP contribution in [0.1, 0.15) is 19.4 Å². The Morgan fingerprint density at radius 3 is 2.61 bits per heavy atom. The lowest BCUT2D eigenvalue weighted by atomic mass is 10.2. The van der Waals surface area contributed by atoms with Crippen molar-refractivity contribution in [3.05, 3.63) is 35.4 Å². The smallest absolute Gasteiger partial charge is 0.237 e. The summed E-state index contributed by atoms with van der Waals surface area (Å²) in [5, 5.41) is 2.78. The molecule has 2 amide bonds. The molecule has 2 rings (SSSR count). The topological polar surface area (TPSA) is 52.7 Å². The van der Waals surface area contributed by atoms with Crippen LogP contribution in [0.4, 0.5) is 8.78 Å². The lowest BCUT2D eigenvalue weighted by molar-refractivity contribution is -0.137. The standard InChI is InChI=1S/C16H21F2N3O2/c1-11(2)19-15(22)9-20-5-6-21(16(23)10-20)8-12-3-4-13(17)14(18)7-12/h3-4,7,11H,5-6,8-10H2,1-2H3,(H,19,22). The molecule has 0 spiro atoms. The number of nitrogens with one attached hydrogen (secondary N) is 1. The average molecular weight is 325 g/mol. The van der Waals surface area contributed by atoms with Crippen LogP contribution < -0.4 is 5.32 Å². The van der Waals surface area contributed by atoms with E-state index in [1.165, 1.54) is 6.07 Å². The van der Waals surface area contributed by atoms with E-state index in [0.29, 0.717) is 18.7 Å². The second-order valence-corrected chi connectivity index (χ2v) is 6.00. The fourth-order valence-electron chi connectivity index (χ4n) is 2.49. The first-order valence-corrected chi connectivity index (χ1v) is 7.58. The fourth-order valence-corrected chi connectivity index (χ4v) is 2.49. The van der Waals surface area contributed by atoms with E-state index < -0.39 is 11.6 Å². The Morgan fingerprint density at radius 2 is 2.00 bits per heavy atom. The van der Waals surface area contributed by atoms with Crippen molar-refractivity contribution in [1.29, 1.82) is 0 Å². The van der Waals surface area contributed by atoms with Gasteiger partial charge in [-0.1, -0.05) is 6.07 Å². The minimum absolute atomic E-state index is 0.0628. The molecule has 0 saturated carbocycles. The van der Waals surface area contributed by atoms with E-state index in [-0.39, 0.29) is 37.5 Å². The van der Waals surface area contributed by atoms with Crippen LogP contribution in [0.3, 0.4) is 0 Å². The summed E-state index contributed by atoms with van der Waals surface area (Å²) < 4.78 is 26.1. The van der Waals surface area contributed by atoms with Crippen molar-refractivity contribution in [2.45, 2.75) is 26.4 Å². The molecule has 0 aromatic heterocycles. The van der Waals surface area contributed by atoms with Crippen LogP contribution in [0, 0.1) is 11.6 Å². The molecule has 1 N–H and O–H groups in total. The van der Waals surface area contributed by atoms with Gasteiger partial charge in [-0.15, -0.1) is 0 Å². The van der Waals surface area contributed by atoms with Gasteiger partial charge in [-0.05, 0) is 31.5 Å². The number of rotatable bonds is 5. The monoisotopic (exact) mass is 325 g/mol. The quantitative estimate of drug-likeness (QED) is 0.883. The molecule has 23 heavy (non-hydrogen) atoms. The summed E-state index contributed by atoms with van der Waals surface area (Å²) in [5.74, 6) is -2.06. The van der Waals surface area contributed by atoms with Gasteiger partial charge in [-0.3, -0.25) is 14.5 Å². The van der Waals surface area contributed by atoms with E-state index in [4.69, 9.17) is 0 Å². The highest BCUT2D eigenvalue weighted by Crippen LogP contribution is 2.13. The van der Waals surface area contributed by atoms with E-state index in [1.54, 1.807) is 9.80 Å². The number of carbonyl (C=O) groups is 2. The van der Waals surface area contributed by atoms with Gasteiger partial charge >= 0.3 is 0 Å². The molecule has 1 aliphatic heterocycles. The molecule has 1 aromatic carbocycles. The second kappa shape index (κ2) is 7.50. The minimum Gasteiger partial charge on any atom is -0.353 e. The molecule has 1 aromatic rings. The number of halogens is 2. The van der Waals surface area contributed by atoms with Gasteiger partial charge in [0, 0.05) is 25.7 Å². The zero-order chi connectivity index (χ0) is 17.0. The van der Waals surface area contributed by atoms with Crippen molar-refractivity contribution >= 4 is 11.8 Å². The maximum atomic E-state index is 13.2. The maximum Gasteiger partial charge on any atom is 0.237 e. The van der Waals surface area contributed by atoms with Gasteiger partial charge in [0.15, 0.2) is 11.6 Å². The van der Waals surface area contributed by atoms with Gasteiger partial charge < -0.3 is 10.2 Å². The summed E-state index contributed by atoms with van der Waals surface area (Å²) >= 11 is 0. The lowest BCUT2D eigenvalue weighted by Crippen LogP contribution is -2.52. The molecule has 1 fully saturated rings. The number of hydrogen-bond donors (Lipinski definition) is 1. The van der Waals surface area contributed by atoms with Gasteiger partial charge in [0.05, 0.1) is 13.1 Å². The first-order chi connectivity index (χ1) is 10.8. The predicted molar refractivity (Wildman–Crippen MR) is 81.5 cm³/mol. The lowest BCUT2D eigenvalue weighted by Gasteiger charge is -2.34. The highest BCUT2D eigenvalue weighted by Gasteiger charge is 2.25. The molecular formula is C16H21F2N3O2. The van der Waals surface area contributed by atoms with Crippen molar-refractivity contribution in [2.24, 2.45) is 0 Å². The molecule has 7 heteroatoms. The van der Waals surface area contributed by atoms with Crippen molar-refractivity contribution in [3.63, 3.8) is 0 Å². The Kier molecular flexibility index (Phi) is 5.65. The third kappa shape index (κ3) is 4.99. The zero-order valence-corrected chi connectivity index (χ0v) is 13.3. The number of piperazine rings is 1. The van der Waals surface area contributed by atoms with Crippen LogP contribution in [-0.4, -0.2) is 53.8 Å². The largest absolute Gasteiger partial charge is 0.353 e. The molecule has 0 bridgehead atoms. The van der Waals surface area contributed by atoms with Crippen molar-refractivity contribution in [1.82, 2.24) is 15.1 Å². The van der Waals surface area contributed by atoms with Gasteiger partial charge in [0.1, 0.15) is 0 Å². The van der Waals surface area contributed by atoms with Crippen molar-refractivity contribution < 1.29 is 18.4 Å². The Bertz CT molecular complexity index is 593. The molecule has 1 aliphatic rings. The van der Waals surface area contributed by atoms with Crippen LogP contribution >= 0.6 is 0 Å². The number of amides is 2. The molecule has 0 aliphatic carbocycles. The molecule has 0 unspecified atom stereocenters. The average Bonchev–Trinajstić information content (AvgIpc) is 2.45. The third-order valence-corrected chi connectivity index (χ3v) is 3.57. The SMILES string of the molecule is CC(C)NC(=O)CN1CCN(Cc2ccc(F)c(F)c2)C(=O)C1. The summed E-state index contributed by atoms with van der Waals surface area (Å²) in [7, 11) is 0. The molecule has 0 radical (unpaired) electrons. The van der Waals surface area contributed by atoms with E-state index >= 15 is 0 Å². The normalized spacial score (nSPS) is 16.0. The second-order valence-electron chi connectivity index (χ2n) is 6.00. The van der Waals surface area contributed by atoms with Crippen molar-refractivity contribution in [3.8, 4) is 0 Å². The van der Waals surface area contributed by atoms with E-state index in [2.05, 4.69) is 5.32 Å². The summed E-state index contributed by atoms with van der Waals surface area (Å²) in [6, 6.07) is 3.69. The van der Waals surface area contributed by atoms with Crippen molar-refractivity contribution in [2.75, 3.05) is 26.2 Å². The van der Waals surface area contributed by atoms with E-state index in [9.17, 15) is 18.4 Å². The van der Waals surface area contributed by atoms with Crippen LogP contribution in [0.2, 0.25) is 0 Å². The first kappa shape index (κ1) is 17.3. The highest BCUT2D eigenvalue weighted by molar-refractivity contribution is 5.82. The Morgan fingerprint density at radius 1 is 1.26 bits per heavy atom. The van der Waals surface area contributed by atoms with Crippen LogP contribution in [0.5, 0.6) is 0 Å². The van der Waals surface area contributed by atoms with Crippen LogP contribution in [0.15, 0.2) is 18.2 Å². The molecule has 5 nitrogen and oxygen atoms in total. The minimum atomic E-state index is -0.918. The maximum absolute atomic E-state index is 13.2. The van der Waals surface area contributed by atoms with Gasteiger partial charge in [-0.2, -0.15) is 0 Å². The van der Waals surface area contributed by atoms with Gasteiger partial charge in [0.25, 0.3) is 0 Å². The summed E-state index contributed by atoms with van der Waals surface area (Å²) in [4.78, 5) is 27.2. The Hall–Kier alpha value is -2.02. The first-order valence-electron chi connectivity index (χ1n) is 7.58. The highest BCUT2D eigenvalue weighted by atomic mass is 19.2. The number of hydrogen-bond acceptors (Lipinski definition) is 3. The number of carbonyl (C=O) groups excluding carboxylic acids is 2. The Balaban J connectivity index is 1.87. The number of nitrogens with zero attached hydrogens (tertiary/aromatic N) is 2. The van der Waals surface area contributed by atoms with Gasteiger partial charge in [0.2, 0.25) is 11.8 Å². The van der Waals surface area contributed by atoms with Crippen LogP contribution in [0.25, 0.3) is 0 Å². The van der Waals surface area contributed by atoms with Crippen LogP contribution in [-0.2, 0) is 16.1 Å². The molecule has 126 valence electrons. The molecule has 0 atom stereocenters. The predicted octanol–water partition coefficient (Wildman–Crippen LogP) is 1.13. The molecule has 1 saturated heterocycles. The fraction of sp³-hybridized carbons (Fsp3) is 0.500.